The lowest BCUT2D eigenvalue weighted by Gasteiger charge is -2.02. The SMILES string of the molecule is Cc1ccc(-c2noc(-c3nnc(SCC(=O)Nc4nccs4)n3C)n2)cc1. The van der Waals surface area contributed by atoms with Gasteiger partial charge in [-0.25, -0.2) is 4.98 Å². The summed E-state index contributed by atoms with van der Waals surface area (Å²) in [6, 6.07) is 7.84. The number of amides is 1. The van der Waals surface area contributed by atoms with E-state index < -0.39 is 0 Å². The van der Waals surface area contributed by atoms with Crippen molar-refractivity contribution in [3.8, 4) is 23.1 Å². The zero-order valence-corrected chi connectivity index (χ0v) is 16.6. The van der Waals surface area contributed by atoms with Crippen LogP contribution >= 0.6 is 23.1 Å². The van der Waals surface area contributed by atoms with Gasteiger partial charge in [0, 0.05) is 24.2 Å². The molecule has 0 spiro atoms. The molecule has 1 N–H and O–H groups in total. The number of carbonyl (C=O) groups excluding carboxylic acids is 1. The maximum Gasteiger partial charge on any atom is 0.296 e. The van der Waals surface area contributed by atoms with Gasteiger partial charge in [0.25, 0.3) is 5.89 Å². The van der Waals surface area contributed by atoms with Crippen molar-refractivity contribution >= 4 is 34.1 Å². The molecule has 4 aromatic rings. The molecule has 142 valence electrons. The first-order valence-corrected chi connectivity index (χ1v) is 10.1. The third kappa shape index (κ3) is 3.94. The maximum atomic E-state index is 12.0. The topological polar surface area (TPSA) is 112 Å². The summed E-state index contributed by atoms with van der Waals surface area (Å²) >= 11 is 2.63. The molecule has 4 rings (SSSR count). The van der Waals surface area contributed by atoms with Crippen molar-refractivity contribution in [1.82, 2.24) is 29.9 Å². The summed E-state index contributed by atoms with van der Waals surface area (Å²) in [5, 5.41) is 17.9. The van der Waals surface area contributed by atoms with E-state index in [2.05, 4.69) is 30.6 Å². The molecule has 1 aromatic carbocycles. The fourth-order valence-electron chi connectivity index (χ4n) is 2.33. The monoisotopic (exact) mass is 413 g/mol. The van der Waals surface area contributed by atoms with E-state index in [1.54, 1.807) is 23.2 Å². The van der Waals surface area contributed by atoms with E-state index in [4.69, 9.17) is 4.52 Å². The van der Waals surface area contributed by atoms with Crippen molar-refractivity contribution in [2.24, 2.45) is 7.05 Å². The van der Waals surface area contributed by atoms with Gasteiger partial charge in [-0.1, -0.05) is 46.7 Å². The minimum atomic E-state index is -0.163. The van der Waals surface area contributed by atoms with Gasteiger partial charge in [0.1, 0.15) is 0 Å². The second kappa shape index (κ2) is 7.90. The number of thiazole rings is 1. The molecule has 0 fully saturated rings. The quantitative estimate of drug-likeness (QED) is 0.480. The lowest BCUT2D eigenvalue weighted by atomic mass is 10.1. The molecule has 11 heteroatoms. The van der Waals surface area contributed by atoms with Gasteiger partial charge in [0.2, 0.25) is 17.6 Å². The number of thioether (sulfide) groups is 1. The molecule has 0 aliphatic rings. The van der Waals surface area contributed by atoms with E-state index in [0.717, 1.165) is 11.1 Å². The highest BCUT2D eigenvalue weighted by Gasteiger charge is 2.19. The average Bonchev–Trinajstić information content (AvgIpc) is 3.42. The first-order chi connectivity index (χ1) is 13.6. The Morgan fingerprint density at radius 1 is 1.29 bits per heavy atom. The van der Waals surface area contributed by atoms with Crippen molar-refractivity contribution in [2.75, 3.05) is 11.1 Å². The molecule has 3 heterocycles. The standard InChI is InChI=1S/C17H15N7O2S2/c1-10-3-5-11(6-4-10)13-20-15(26-23-13)14-21-22-17(24(14)2)28-9-12(25)19-16-18-7-8-27-16/h3-8H,9H2,1-2H3,(H,18,19,25). The summed E-state index contributed by atoms with van der Waals surface area (Å²) in [6.07, 6.45) is 1.64. The Bertz CT molecular complexity index is 1090. The largest absolute Gasteiger partial charge is 0.330 e. The Labute approximate surface area is 168 Å². The van der Waals surface area contributed by atoms with Gasteiger partial charge >= 0.3 is 0 Å². The van der Waals surface area contributed by atoms with Gasteiger partial charge in [-0.2, -0.15) is 4.98 Å². The smallest absolute Gasteiger partial charge is 0.296 e. The van der Waals surface area contributed by atoms with Gasteiger partial charge in [0.05, 0.1) is 5.75 Å². The van der Waals surface area contributed by atoms with Crippen LogP contribution in [0.3, 0.4) is 0 Å². The van der Waals surface area contributed by atoms with Crippen molar-refractivity contribution in [3.63, 3.8) is 0 Å². The molecule has 0 radical (unpaired) electrons. The molecule has 0 saturated carbocycles. The van der Waals surface area contributed by atoms with Gasteiger partial charge in [0.15, 0.2) is 10.3 Å². The summed E-state index contributed by atoms with van der Waals surface area (Å²) < 4.78 is 7.06. The molecule has 0 saturated heterocycles. The zero-order chi connectivity index (χ0) is 19.5. The normalized spacial score (nSPS) is 10.9. The second-order valence-electron chi connectivity index (χ2n) is 5.83. The first kappa shape index (κ1) is 18.3. The van der Waals surface area contributed by atoms with Gasteiger partial charge in [-0.05, 0) is 6.92 Å². The molecule has 0 bridgehead atoms. The van der Waals surface area contributed by atoms with Crippen LogP contribution in [-0.4, -0.2) is 41.5 Å². The van der Waals surface area contributed by atoms with E-state index in [-0.39, 0.29) is 17.6 Å². The predicted octanol–water partition coefficient (Wildman–Crippen LogP) is 3.03. The van der Waals surface area contributed by atoms with E-state index in [1.807, 2.05) is 31.2 Å². The van der Waals surface area contributed by atoms with Crippen LogP contribution in [0.2, 0.25) is 0 Å². The third-order valence-corrected chi connectivity index (χ3v) is 5.48. The molecular weight excluding hydrogens is 398 g/mol. The molecule has 0 unspecified atom stereocenters. The number of hydrogen-bond donors (Lipinski definition) is 1. The number of aryl methyl sites for hydroxylation is 1. The van der Waals surface area contributed by atoms with Crippen LogP contribution in [0.25, 0.3) is 23.1 Å². The number of hydrogen-bond acceptors (Lipinski definition) is 9. The average molecular weight is 413 g/mol. The predicted molar refractivity (Wildman–Crippen MR) is 106 cm³/mol. The zero-order valence-electron chi connectivity index (χ0n) is 15.0. The van der Waals surface area contributed by atoms with E-state index in [1.165, 1.54) is 23.1 Å². The maximum absolute atomic E-state index is 12.0. The Balaban J connectivity index is 1.45. The van der Waals surface area contributed by atoms with Crippen LogP contribution in [0.5, 0.6) is 0 Å². The molecule has 3 aromatic heterocycles. The fraction of sp³-hybridized carbons (Fsp3) is 0.176. The Hall–Kier alpha value is -3.05. The Morgan fingerprint density at radius 3 is 2.86 bits per heavy atom. The Morgan fingerprint density at radius 2 is 2.11 bits per heavy atom. The molecule has 0 atom stereocenters. The van der Waals surface area contributed by atoms with Crippen LogP contribution in [-0.2, 0) is 11.8 Å². The van der Waals surface area contributed by atoms with Crippen molar-refractivity contribution in [3.05, 3.63) is 41.4 Å². The lowest BCUT2D eigenvalue weighted by Crippen LogP contribution is -2.14. The molecule has 9 nitrogen and oxygen atoms in total. The van der Waals surface area contributed by atoms with Crippen molar-refractivity contribution < 1.29 is 9.32 Å². The second-order valence-corrected chi connectivity index (χ2v) is 7.67. The number of carbonyl (C=O) groups is 1. The number of anilines is 1. The minimum absolute atomic E-state index is 0.163. The summed E-state index contributed by atoms with van der Waals surface area (Å²) in [5.74, 6) is 1.21. The highest BCUT2D eigenvalue weighted by molar-refractivity contribution is 7.99. The number of nitrogens with one attached hydrogen (secondary N) is 1. The van der Waals surface area contributed by atoms with Crippen LogP contribution in [0.4, 0.5) is 5.13 Å². The first-order valence-electron chi connectivity index (χ1n) is 8.23. The number of benzene rings is 1. The molecule has 0 aliphatic heterocycles. The fourth-order valence-corrected chi connectivity index (χ4v) is 3.59. The van der Waals surface area contributed by atoms with Gasteiger partial charge < -0.3 is 14.4 Å². The summed E-state index contributed by atoms with van der Waals surface area (Å²) in [4.78, 5) is 20.4. The van der Waals surface area contributed by atoms with Crippen LogP contribution < -0.4 is 5.32 Å². The molecular formula is C17H15N7O2S2. The van der Waals surface area contributed by atoms with Crippen LogP contribution in [0, 0.1) is 6.92 Å². The highest BCUT2D eigenvalue weighted by atomic mass is 32.2. The summed E-state index contributed by atoms with van der Waals surface area (Å²) in [5.41, 5.74) is 2.01. The van der Waals surface area contributed by atoms with E-state index >= 15 is 0 Å². The minimum Gasteiger partial charge on any atom is -0.330 e. The molecule has 28 heavy (non-hydrogen) atoms. The molecule has 0 aliphatic carbocycles. The van der Waals surface area contributed by atoms with Crippen molar-refractivity contribution in [2.45, 2.75) is 12.1 Å². The highest BCUT2D eigenvalue weighted by Crippen LogP contribution is 2.24. The van der Waals surface area contributed by atoms with Crippen LogP contribution in [0.1, 0.15) is 5.56 Å². The number of rotatable bonds is 6. The van der Waals surface area contributed by atoms with Crippen LogP contribution in [0.15, 0.2) is 45.5 Å². The summed E-state index contributed by atoms with van der Waals surface area (Å²) in [6.45, 7) is 2.02. The van der Waals surface area contributed by atoms with E-state index in [9.17, 15) is 4.79 Å². The van der Waals surface area contributed by atoms with E-state index in [0.29, 0.717) is 21.9 Å². The third-order valence-electron chi connectivity index (χ3n) is 3.77. The Kier molecular flexibility index (Phi) is 5.17. The van der Waals surface area contributed by atoms with Gasteiger partial charge in [-0.15, -0.1) is 21.5 Å². The molecule has 1 amide bonds. The number of aromatic nitrogens is 6. The lowest BCUT2D eigenvalue weighted by molar-refractivity contribution is -0.113. The summed E-state index contributed by atoms with van der Waals surface area (Å²) in [7, 11) is 1.78. The number of nitrogens with zero attached hydrogens (tertiary/aromatic N) is 6. The van der Waals surface area contributed by atoms with Gasteiger partial charge in [-0.3, -0.25) is 4.79 Å². The van der Waals surface area contributed by atoms with Crippen molar-refractivity contribution in [1.29, 1.82) is 0 Å².